The summed E-state index contributed by atoms with van der Waals surface area (Å²) in [5, 5.41) is 21.2. The Labute approximate surface area is 181 Å². The molecule has 0 aliphatic carbocycles. The van der Waals surface area contributed by atoms with Gasteiger partial charge in [0.05, 0.1) is 16.1 Å². The number of nitriles is 1. The van der Waals surface area contributed by atoms with Gasteiger partial charge in [0.25, 0.3) is 0 Å². The molecule has 0 bridgehead atoms. The lowest BCUT2D eigenvalue weighted by molar-refractivity contribution is -0.612. The molecule has 0 fully saturated rings. The zero-order valence-electron chi connectivity index (χ0n) is 15.4. The number of allylic oxidation sites excluding steroid dienone is 1. The summed E-state index contributed by atoms with van der Waals surface area (Å²) in [6.45, 7) is 5.70. The first kappa shape index (κ1) is 20.8. The van der Waals surface area contributed by atoms with E-state index in [0.717, 1.165) is 4.73 Å². The molecule has 0 unspecified atom stereocenters. The molecule has 0 aliphatic rings. The summed E-state index contributed by atoms with van der Waals surface area (Å²) in [6.07, 6.45) is 1.60. The lowest BCUT2D eigenvalue weighted by Gasteiger charge is -2.14. The molecule has 3 aromatic rings. The van der Waals surface area contributed by atoms with Gasteiger partial charge in [-0.3, -0.25) is 0 Å². The summed E-state index contributed by atoms with van der Waals surface area (Å²) in [6, 6.07) is 13.1. The molecule has 4 nitrogen and oxygen atoms in total. The van der Waals surface area contributed by atoms with Crippen molar-refractivity contribution >= 4 is 33.1 Å². The van der Waals surface area contributed by atoms with E-state index in [-0.39, 0.29) is 17.9 Å². The van der Waals surface area contributed by atoms with Crippen molar-refractivity contribution in [1.82, 2.24) is 0 Å². The van der Waals surface area contributed by atoms with E-state index < -0.39 is 5.82 Å². The Morgan fingerprint density at radius 1 is 1.34 bits per heavy atom. The maximum atomic E-state index is 15.2. The predicted molar refractivity (Wildman–Crippen MR) is 113 cm³/mol. The number of hydrogen-bond donors (Lipinski definition) is 0. The highest BCUT2D eigenvalue weighted by Gasteiger charge is 2.18. The van der Waals surface area contributed by atoms with E-state index in [1.165, 1.54) is 24.4 Å². The maximum Gasteiger partial charge on any atom is 0.197 e. The Balaban J connectivity index is 1.93. The van der Waals surface area contributed by atoms with E-state index in [1.54, 1.807) is 31.2 Å². The van der Waals surface area contributed by atoms with Crippen LogP contribution in [0.4, 0.5) is 4.39 Å². The number of pyridine rings is 1. The molecule has 0 atom stereocenters. The van der Waals surface area contributed by atoms with Crippen LogP contribution in [0.1, 0.15) is 22.4 Å². The van der Waals surface area contributed by atoms with Crippen LogP contribution >= 0.6 is 27.5 Å². The minimum atomic E-state index is -0.567. The van der Waals surface area contributed by atoms with E-state index in [0.29, 0.717) is 37.5 Å². The van der Waals surface area contributed by atoms with Gasteiger partial charge >= 0.3 is 0 Å². The average molecular weight is 474 g/mol. The van der Waals surface area contributed by atoms with Crippen LogP contribution in [-0.2, 0) is 6.42 Å². The van der Waals surface area contributed by atoms with Crippen molar-refractivity contribution in [3.8, 4) is 17.6 Å². The first-order chi connectivity index (χ1) is 13.8. The lowest BCUT2D eigenvalue weighted by Crippen LogP contribution is -2.30. The van der Waals surface area contributed by atoms with Crippen LogP contribution in [0.25, 0.3) is 5.57 Å². The quantitative estimate of drug-likeness (QED) is 0.332. The Morgan fingerprint density at radius 2 is 2.10 bits per heavy atom. The van der Waals surface area contributed by atoms with E-state index >= 15 is 4.39 Å². The topological polar surface area (TPSA) is 60.0 Å². The summed E-state index contributed by atoms with van der Waals surface area (Å²) in [7, 11) is 0. The molecular weight excluding hydrogens is 459 g/mol. The Bertz CT molecular complexity index is 1160. The van der Waals surface area contributed by atoms with Crippen molar-refractivity contribution in [2.75, 3.05) is 0 Å². The predicted octanol–water partition coefficient (Wildman–Crippen LogP) is 6.10. The third kappa shape index (κ3) is 4.58. The molecule has 146 valence electrons. The van der Waals surface area contributed by atoms with E-state index in [9.17, 15) is 5.21 Å². The molecule has 0 saturated carbocycles. The SMILES string of the molecule is C=C(Cc1ccc(Br)c(Oc2cc(Cl)cc(C#N)c2)c1F)c1ccc[n+]([O-])c1C. The number of halogens is 3. The molecule has 1 aromatic heterocycles. The molecule has 2 aromatic carbocycles. The Kier molecular flexibility index (Phi) is 6.21. The van der Waals surface area contributed by atoms with Gasteiger partial charge in [-0.2, -0.15) is 9.99 Å². The smallest absolute Gasteiger partial charge is 0.197 e. The van der Waals surface area contributed by atoms with Crippen LogP contribution in [0.3, 0.4) is 0 Å². The molecule has 0 saturated heterocycles. The maximum absolute atomic E-state index is 15.2. The fourth-order valence-corrected chi connectivity index (χ4v) is 3.49. The standard InChI is InChI=1S/C22H15BrClFN2O2/c1-13(19-4-3-7-27(28)14(19)2)8-16-5-6-20(23)22(21(16)25)29-18-10-15(12-26)9-17(24)11-18/h3-7,9-11H,1,8H2,2H3. The Hall–Kier alpha value is -2.88. The fourth-order valence-electron chi connectivity index (χ4n) is 2.87. The zero-order chi connectivity index (χ0) is 21.1. The molecule has 0 amide bonds. The van der Waals surface area contributed by atoms with Gasteiger partial charge in [0, 0.05) is 30.0 Å². The van der Waals surface area contributed by atoms with E-state index in [2.05, 4.69) is 22.5 Å². The molecule has 29 heavy (non-hydrogen) atoms. The lowest BCUT2D eigenvalue weighted by atomic mass is 9.98. The zero-order valence-corrected chi connectivity index (χ0v) is 17.7. The molecule has 0 aliphatic heterocycles. The summed E-state index contributed by atoms with van der Waals surface area (Å²) >= 11 is 9.29. The van der Waals surface area contributed by atoms with Crippen molar-refractivity contribution in [2.24, 2.45) is 0 Å². The normalized spacial score (nSPS) is 10.4. The third-order valence-electron chi connectivity index (χ3n) is 4.34. The van der Waals surface area contributed by atoms with Gasteiger partial charge in [-0.15, -0.1) is 0 Å². The molecular formula is C22H15BrClFN2O2. The second kappa shape index (κ2) is 8.64. The van der Waals surface area contributed by atoms with Gasteiger partial charge in [0.2, 0.25) is 0 Å². The molecule has 1 heterocycles. The summed E-state index contributed by atoms with van der Waals surface area (Å²) in [4.78, 5) is 0. The highest BCUT2D eigenvalue weighted by Crippen LogP contribution is 2.36. The van der Waals surface area contributed by atoms with Gasteiger partial charge in [-0.25, -0.2) is 4.39 Å². The van der Waals surface area contributed by atoms with E-state index in [1.807, 2.05) is 6.07 Å². The number of ether oxygens (including phenoxy) is 1. The summed E-state index contributed by atoms with van der Waals surface area (Å²) < 4.78 is 22.1. The monoisotopic (exact) mass is 472 g/mol. The molecule has 0 N–H and O–H groups in total. The minimum Gasteiger partial charge on any atom is -0.618 e. The van der Waals surface area contributed by atoms with Crippen molar-refractivity contribution in [3.05, 3.63) is 98.1 Å². The van der Waals surface area contributed by atoms with Crippen molar-refractivity contribution in [2.45, 2.75) is 13.3 Å². The van der Waals surface area contributed by atoms with Crippen molar-refractivity contribution in [3.63, 3.8) is 0 Å². The van der Waals surface area contributed by atoms with Gasteiger partial charge in [-0.1, -0.05) is 24.2 Å². The largest absolute Gasteiger partial charge is 0.618 e. The molecule has 7 heteroatoms. The summed E-state index contributed by atoms with van der Waals surface area (Å²) in [5.74, 6) is -0.344. The van der Waals surface area contributed by atoms with E-state index in [4.69, 9.17) is 21.6 Å². The highest BCUT2D eigenvalue weighted by molar-refractivity contribution is 9.10. The number of nitrogens with zero attached hydrogens (tertiary/aromatic N) is 2. The first-order valence-electron chi connectivity index (χ1n) is 8.52. The minimum absolute atomic E-state index is 0.0230. The average Bonchev–Trinajstić information content (AvgIpc) is 2.69. The Morgan fingerprint density at radius 3 is 2.83 bits per heavy atom. The fraction of sp³-hybridized carbons (Fsp3) is 0.0909. The number of aromatic nitrogens is 1. The van der Waals surface area contributed by atoms with Crippen LogP contribution in [0, 0.1) is 29.3 Å². The number of benzene rings is 2. The van der Waals surface area contributed by atoms with Crippen LogP contribution in [0.2, 0.25) is 5.02 Å². The van der Waals surface area contributed by atoms with Crippen LogP contribution in [0.15, 0.2) is 59.7 Å². The second-order valence-corrected chi connectivity index (χ2v) is 7.64. The van der Waals surface area contributed by atoms with Gasteiger partial charge in [0.1, 0.15) is 5.75 Å². The third-order valence-corrected chi connectivity index (χ3v) is 5.18. The highest BCUT2D eigenvalue weighted by atomic mass is 79.9. The van der Waals surface area contributed by atoms with Gasteiger partial charge in [-0.05, 0) is 57.4 Å². The summed E-state index contributed by atoms with van der Waals surface area (Å²) in [5.41, 5.74) is 2.43. The van der Waals surface area contributed by atoms with Gasteiger partial charge in [0.15, 0.2) is 23.5 Å². The van der Waals surface area contributed by atoms with Crippen molar-refractivity contribution < 1.29 is 13.9 Å². The van der Waals surface area contributed by atoms with Crippen LogP contribution in [0.5, 0.6) is 11.5 Å². The molecule has 3 rings (SSSR count). The number of hydrogen-bond acceptors (Lipinski definition) is 3. The van der Waals surface area contributed by atoms with Crippen LogP contribution in [-0.4, -0.2) is 0 Å². The second-order valence-electron chi connectivity index (χ2n) is 6.35. The van der Waals surface area contributed by atoms with Crippen molar-refractivity contribution in [1.29, 1.82) is 5.26 Å². The first-order valence-corrected chi connectivity index (χ1v) is 9.69. The number of rotatable bonds is 5. The van der Waals surface area contributed by atoms with Crippen LogP contribution < -0.4 is 9.47 Å². The molecule has 0 radical (unpaired) electrons. The molecule has 0 spiro atoms. The van der Waals surface area contributed by atoms with Gasteiger partial charge < -0.3 is 9.94 Å².